The van der Waals surface area contributed by atoms with E-state index in [1.807, 2.05) is 18.2 Å². The SMILES string of the molecule is CN=C(NCc1cccc(OC)n1)NCC(OC)C(C)(C)C.I. The van der Waals surface area contributed by atoms with Crippen LogP contribution in [0.1, 0.15) is 26.5 Å². The summed E-state index contributed by atoms with van der Waals surface area (Å²) in [4.78, 5) is 8.57. The molecule has 0 aliphatic carbocycles. The Hall–Kier alpha value is -1.09. The number of guanidine groups is 1. The molecular weight excluding hydrogens is 407 g/mol. The minimum absolute atomic E-state index is 0. The van der Waals surface area contributed by atoms with E-state index < -0.39 is 0 Å². The molecule has 1 heterocycles. The summed E-state index contributed by atoms with van der Waals surface area (Å²) < 4.78 is 10.6. The first-order valence-electron chi connectivity index (χ1n) is 7.38. The summed E-state index contributed by atoms with van der Waals surface area (Å²) in [6.07, 6.45) is 0.0981. The van der Waals surface area contributed by atoms with E-state index in [1.165, 1.54) is 0 Å². The van der Waals surface area contributed by atoms with Crippen LogP contribution in [0.25, 0.3) is 0 Å². The monoisotopic (exact) mass is 436 g/mol. The Kier molecular flexibility index (Phi) is 10.1. The highest BCUT2D eigenvalue weighted by Crippen LogP contribution is 2.20. The lowest BCUT2D eigenvalue weighted by atomic mass is 9.89. The van der Waals surface area contributed by atoms with E-state index in [-0.39, 0.29) is 35.5 Å². The maximum atomic E-state index is 5.53. The summed E-state index contributed by atoms with van der Waals surface area (Å²) >= 11 is 0. The molecule has 0 aliphatic heterocycles. The first-order chi connectivity index (χ1) is 10.4. The molecule has 7 heteroatoms. The van der Waals surface area contributed by atoms with E-state index in [2.05, 4.69) is 41.4 Å². The molecule has 1 aromatic rings. The van der Waals surface area contributed by atoms with E-state index >= 15 is 0 Å². The smallest absolute Gasteiger partial charge is 0.213 e. The highest BCUT2D eigenvalue weighted by atomic mass is 127. The molecule has 0 saturated heterocycles. The van der Waals surface area contributed by atoms with Crippen molar-refractivity contribution >= 4 is 29.9 Å². The molecule has 23 heavy (non-hydrogen) atoms. The Balaban J connectivity index is 0.00000484. The van der Waals surface area contributed by atoms with Crippen molar-refractivity contribution in [2.45, 2.75) is 33.4 Å². The third kappa shape index (κ3) is 7.83. The van der Waals surface area contributed by atoms with Gasteiger partial charge in [-0.2, -0.15) is 0 Å². The van der Waals surface area contributed by atoms with Gasteiger partial charge in [-0.1, -0.05) is 26.8 Å². The number of nitrogens with zero attached hydrogens (tertiary/aromatic N) is 2. The molecule has 1 aromatic heterocycles. The maximum absolute atomic E-state index is 5.53. The molecular formula is C16H29IN4O2. The molecule has 0 amide bonds. The van der Waals surface area contributed by atoms with E-state index in [0.29, 0.717) is 19.0 Å². The Morgan fingerprint density at radius 1 is 1.26 bits per heavy atom. The van der Waals surface area contributed by atoms with Crippen LogP contribution in [-0.4, -0.2) is 44.9 Å². The standard InChI is InChI=1S/C16H28N4O2.HI/c1-16(2,3)13(21-5)11-19-15(17-4)18-10-12-8-7-9-14(20-12)22-6;/h7-9,13H,10-11H2,1-6H3,(H2,17,18,19);1H. The third-order valence-corrected chi connectivity index (χ3v) is 3.36. The van der Waals surface area contributed by atoms with Gasteiger partial charge in [0.1, 0.15) is 0 Å². The van der Waals surface area contributed by atoms with Crippen molar-refractivity contribution in [2.75, 3.05) is 27.8 Å². The minimum Gasteiger partial charge on any atom is -0.481 e. The van der Waals surface area contributed by atoms with Crippen molar-refractivity contribution in [3.05, 3.63) is 23.9 Å². The van der Waals surface area contributed by atoms with Crippen molar-refractivity contribution in [3.8, 4) is 5.88 Å². The van der Waals surface area contributed by atoms with Gasteiger partial charge in [-0.3, -0.25) is 4.99 Å². The van der Waals surface area contributed by atoms with Crippen LogP contribution in [-0.2, 0) is 11.3 Å². The van der Waals surface area contributed by atoms with E-state index in [9.17, 15) is 0 Å². The highest BCUT2D eigenvalue weighted by Gasteiger charge is 2.24. The second-order valence-corrected chi connectivity index (χ2v) is 6.07. The van der Waals surface area contributed by atoms with Crippen molar-refractivity contribution < 1.29 is 9.47 Å². The van der Waals surface area contributed by atoms with Gasteiger partial charge in [0.05, 0.1) is 25.5 Å². The van der Waals surface area contributed by atoms with E-state index in [0.717, 1.165) is 11.7 Å². The van der Waals surface area contributed by atoms with Gasteiger partial charge in [0.15, 0.2) is 5.96 Å². The summed E-state index contributed by atoms with van der Waals surface area (Å²) in [5.74, 6) is 1.32. The zero-order valence-electron chi connectivity index (χ0n) is 14.8. The number of rotatable bonds is 6. The Labute approximate surface area is 156 Å². The number of hydrogen-bond acceptors (Lipinski definition) is 4. The van der Waals surface area contributed by atoms with Gasteiger partial charge in [-0.05, 0) is 11.5 Å². The second-order valence-electron chi connectivity index (χ2n) is 6.07. The van der Waals surface area contributed by atoms with Gasteiger partial charge in [0, 0.05) is 26.8 Å². The Morgan fingerprint density at radius 2 is 1.96 bits per heavy atom. The van der Waals surface area contributed by atoms with E-state index in [1.54, 1.807) is 21.3 Å². The molecule has 6 nitrogen and oxygen atoms in total. The quantitative estimate of drug-likeness (QED) is 0.408. The van der Waals surface area contributed by atoms with Crippen molar-refractivity contribution in [1.82, 2.24) is 15.6 Å². The Morgan fingerprint density at radius 3 is 2.48 bits per heavy atom. The van der Waals surface area contributed by atoms with Crippen molar-refractivity contribution in [2.24, 2.45) is 10.4 Å². The predicted octanol–water partition coefficient (Wildman–Crippen LogP) is 2.43. The molecule has 132 valence electrons. The highest BCUT2D eigenvalue weighted by molar-refractivity contribution is 14.0. The average Bonchev–Trinajstić information content (AvgIpc) is 2.49. The lowest BCUT2D eigenvalue weighted by Crippen LogP contribution is -2.45. The van der Waals surface area contributed by atoms with Gasteiger partial charge in [0.2, 0.25) is 5.88 Å². The maximum Gasteiger partial charge on any atom is 0.213 e. The molecule has 0 bridgehead atoms. The number of aromatic nitrogens is 1. The first kappa shape index (κ1) is 21.9. The molecule has 2 N–H and O–H groups in total. The summed E-state index contributed by atoms with van der Waals surface area (Å²) in [6, 6.07) is 5.68. The molecule has 1 unspecified atom stereocenters. The molecule has 1 atom stereocenters. The number of pyridine rings is 1. The summed E-state index contributed by atoms with van der Waals surface area (Å²) in [5.41, 5.74) is 0.955. The number of ether oxygens (including phenoxy) is 2. The fourth-order valence-corrected chi connectivity index (χ4v) is 2.00. The lowest BCUT2D eigenvalue weighted by Gasteiger charge is -2.30. The first-order valence-corrected chi connectivity index (χ1v) is 7.38. The number of methoxy groups -OCH3 is 2. The number of aliphatic imine (C=N–C) groups is 1. The number of nitrogens with one attached hydrogen (secondary N) is 2. The fourth-order valence-electron chi connectivity index (χ4n) is 2.00. The predicted molar refractivity (Wildman–Crippen MR) is 105 cm³/mol. The molecule has 0 radical (unpaired) electrons. The number of hydrogen-bond donors (Lipinski definition) is 2. The molecule has 0 saturated carbocycles. The number of halogens is 1. The molecule has 0 spiro atoms. The van der Waals surface area contributed by atoms with Gasteiger partial charge < -0.3 is 20.1 Å². The molecule has 0 aliphatic rings. The van der Waals surface area contributed by atoms with Crippen LogP contribution < -0.4 is 15.4 Å². The van der Waals surface area contributed by atoms with E-state index in [4.69, 9.17) is 9.47 Å². The summed E-state index contributed by atoms with van der Waals surface area (Å²) in [5, 5.41) is 6.51. The summed E-state index contributed by atoms with van der Waals surface area (Å²) in [7, 11) is 5.08. The van der Waals surface area contributed by atoms with Crippen LogP contribution in [0.5, 0.6) is 5.88 Å². The van der Waals surface area contributed by atoms with Crippen LogP contribution in [0.3, 0.4) is 0 Å². The second kappa shape index (κ2) is 10.6. The van der Waals surface area contributed by atoms with Crippen molar-refractivity contribution in [3.63, 3.8) is 0 Å². The molecule has 0 fully saturated rings. The topological polar surface area (TPSA) is 67.8 Å². The van der Waals surface area contributed by atoms with Crippen LogP contribution in [0.15, 0.2) is 23.2 Å². The Bertz CT molecular complexity index is 489. The van der Waals surface area contributed by atoms with Crippen LogP contribution in [0, 0.1) is 5.41 Å². The van der Waals surface area contributed by atoms with Gasteiger partial charge >= 0.3 is 0 Å². The van der Waals surface area contributed by atoms with Crippen LogP contribution in [0.4, 0.5) is 0 Å². The minimum atomic E-state index is 0. The molecule has 0 aromatic carbocycles. The van der Waals surface area contributed by atoms with Crippen molar-refractivity contribution in [1.29, 1.82) is 0 Å². The van der Waals surface area contributed by atoms with Crippen LogP contribution in [0.2, 0.25) is 0 Å². The summed E-state index contributed by atoms with van der Waals surface area (Å²) in [6.45, 7) is 7.72. The van der Waals surface area contributed by atoms with Gasteiger partial charge in [0.25, 0.3) is 0 Å². The fraction of sp³-hybridized carbons (Fsp3) is 0.625. The van der Waals surface area contributed by atoms with Crippen LogP contribution >= 0.6 is 24.0 Å². The largest absolute Gasteiger partial charge is 0.481 e. The average molecular weight is 436 g/mol. The van der Waals surface area contributed by atoms with Gasteiger partial charge in [-0.25, -0.2) is 4.98 Å². The zero-order chi connectivity index (χ0) is 16.6. The van der Waals surface area contributed by atoms with Gasteiger partial charge in [-0.15, -0.1) is 24.0 Å². The normalized spacial score (nSPS) is 13.0. The molecule has 1 rings (SSSR count). The lowest BCUT2D eigenvalue weighted by molar-refractivity contribution is 0.0205. The third-order valence-electron chi connectivity index (χ3n) is 3.36. The zero-order valence-corrected chi connectivity index (χ0v) is 17.2.